The average Bonchev–Trinajstić information content (AvgIpc) is 2.87. The van der Waals surface area contributed by atoms with Crippen LogP contribution in [0.3, 0.4) is 0 Å². The molecule has 2 aromatic rings. The highest BCUT2D eigenvalue weighted by atomic mass is 19.2. The maximum absolute atomic E-state index is 14.9. The lowest BCUT2D eigenvalue weighted by Gasteiger charge is -2.29. The first-order chi connectivity index (χ1) is 16.9. The summed E-state index contributed by atoms with van der Waals surface area (Å²) in [7, 11) is 0. The molecule has 0 aromatic heterocycles. The van der Waals surface area contributed by atoms with E-state index in [-0.39, 0.29) is 35.1 Å². The fraction of sp³-hybridized carbons (Fsp3) is 0.483. The van der Waals surface area contributed by atoms with Crippen LogP contribution in [-0.2, 0) is 4.74 Å². The molecule has 0 N–H and O–H groups in total. The molecule has 2 saturated carbocycles. The number of rotatable bonds is 7. The van der Waals surface area contributed by atoms with Gasteiger partial charge >= 0.3 is 5.97 Å². The summed E-state index contributed by atoms with van der Waals surface area (Å²) >= 11 is 0. The van der Waals surface area contributed by atoms with E-state index >= 15 is 0 Å². The van der Waals surface area contributed by atoms with Crippen molar-refractivity contribution in [1.82, 2.24) is 0 Å². The number of carbonyl (C=O) groups is 1. The molecule has 0 bridgehead atoms. The van der Waals surface area contributed by atoms with E-state index in [0.29, 0.717) is 43.8 Å². The van der Waals surface area contributed by atoms with Crippen molar-refractivity contribution in [3.8, 4) is 5.75 Å². The minimum atomic E-state index is -1.13. The van der Waals surface area contributed by atoms with E-state index in [1.807, 2.05) is 12.1 Å². The second-order valence-corrected chi connectivity index (χ2v) is 9.68. The summed E-state index contributed by atoms with van der Waals surface area (Å²) < 4.78 is 54.7. The van der Waals surface area contributed by atoms with Gasteiger partial charge < -0.3 is 9.47 Å². The van der Waals surface area contributed by atoms with E-state index in [9.17, 15) is 18.0 Å². The Labute approximate surface area is 205 Å². The van der Waals surface area contributed by atoms with Gasteiger partial charge in [-0.3, -0.25) is 0 Å². The molecule has 0 atom stereocenters. The van der Waals surface area contributed by atoms with Gasteiger partial charge in [0.25, 0.3) is 0 Å². The topological polar surface area (TPSA) is 35.5 Å². The number of ether oxygens (including phenoxy) is 2. The molecule has 188 valence electrons. The van der Waals surface area contributed by atoms with Gasteiger partial charge in [0.15, 0.2) is 23.2 Å². The summed E-state index contributed by atoms with van der Waals surface area (Å²) in [4.78, 5) is 12.6. The standard InChI is InChI=1S/C29H33F3O3/c1-3-18-5-7-20(8-6-18)23-14-15-24(28(32)27(23)31)29(33)35-22-12-9-19(10-13-22)21-11-16-26(34-4-2)25(30)17-21/h3,11,14-20,22H,1,4-10,12-13H2,2H3. The van der Waals surface area contributed by atoms with Crippen molar-refractivity contribution in [1.29, 1.82) is 0 Å². The van der Waals surface area contributed by atoms with Gasteiger partial charge in [0, 0.05) is 0 Å². The van der Waals surface area contributed by atoms with Crippen LogP contribution in [0.2, 0.25) is 0 Å². The predicted octanol–water partition coefficient (Wildman–Crippen LogP) is 7.85. The van der Waals surface area contributed by atoms with E-state index in [1.54, 1.807) is 13.0 Å². The smallest absolute Gasteiger partial charge is 0.341 e. The maximum Gasteiger partial charge on any atom is 0.341 e. The highest BCUT2D eigenvalue weighted by Gasteiger charge is 2.30. The number of esters is 1. The van der Waals surface area contributed by atoms with Crippen LogP contribution in [0.4, 0.5) is 13.2 Å². The van der Waals surface area contributed by atoms with Gasteiger partial charge in [-0.15, -0.1) is 6.58 Å². The van der Waals surface area contributed by atoms with Crippen LogP contribution >= 0.6 is 0 Å². The molecule has 2 fully saturated rings. The Bertz CT molecular complexity index is 1050. The Morgan fingerprint density at radius 3 is 2.26 bits per heavy atom. The molecule has 2 aliphatic carbocycles. The van der Waals surface area contributed by atoms with Crippen molar-refractivity contribution in [3.63, 3.8) is 0 Å². The largest absolute Gasteiger partial charge is 0.491 e. The molecular weight excluding hydrogens is 453 g/mol. The molecular formula is C29H33F3O3. The number of halogens is 3. The van der Waals surface area contributed by atoms with Gasteiger partial charge in [-0.05, 0) is 105 Å². The predicted molar refractivity (Wildman–Crippen MR) is 129 cm³/mol. The van der Waals surface area contributed by atoms with Gasteiger partial charge in [0.1, 0.15) is 6.10 Å². The molecule has 6 heteroatoms. The van der Waals surface area contributed by atoms with Crippen LogP contribution in [-0.4, -0.2) is 18.7 Å². The molecule has 4 rings (SSSR count). The molecule has 0 unspecified atom stereocenters. The molecule has 2 aliphatic rings. The number of hydrogen-bond donors (Lipinski definition) is 0. The number of carbonyl (C=O) groups excluding carboxylic acids is 1. The summed E-state index contributed by atoms with van der Waals surface area (Å²) in [6.45, 7) is 6.02. The normalized spacial score (nSPS) is 24.6. The number of allylic oxidation sites excluding steroid dienone is 1. The first-order valence-electron chi connectivity index (χ1n) is 12.6. The Balaban J connectivity index is 1.34. The summed E-state index contributed by atoms with van der Waals surface area (Å²) in [5.41, 5.74) is 0.868. The molecule has 3 nitrogen and oxygen atoms in total. The van der Waals surface area contributed by atoms with Gasteiger partial charge in [-0.1, -0.05) is 18.2 Å². The lowest BCUT2D eigenvalue weighted by Crippen LogP contribution is -2.25. The van der Waals surface area contributed by atoms with Crippen molar-refractivity contribution in [2.24, 2.45) is 5.92 Å². The summed E-state index contributed by atoms with van der Waals surface area (Å²) in [5, 5.41) is 0. The zero-order valence-corrected chi connectivity index (χ0v) is 20.2. The van der Waals surface area contributed by atoms with Crippen LogP contribution in [0.25, 0.3) is 0 Å². The Kier molecular flexibility index (Phi) is 8.19. The van der Waals surface area contributed by atoms with Crippen LogP contribution in [0.15, 0.2) is 43.0 Å². The highest BCUT2D eigenvalue weighted by Crippen LogP contribution is 2.39. The van der Waals surface area contributed by atoms with Crippen molar-refractivity contribution >= 4 is 5.97 Å². The van der Waals surface area contributed by atoms with E-state index < -0.39 is 17.6 Å². The maximum atomic E-state index is 14.9. The van der Waals surface area contributed by atoms with Gasteiger partial charge in [-0.25, -0.2) is 18.0 Å². The molecule has 0 heterocycles. The SMILES string of the molecule is C=CC1CCC(c2ccc(C(=O)OC3CCC(c4ccc(OCC)c(F)c4)CC3)c(F)c2F)CC1. The van der Waals surface area contributed by atoms with Gasteiger partial charge in [0.2, 0.25) is 0 Å². The molecule has 35 heavy (non-hydrogen) atoms. The van der Waals surface area contributed by atoms with E-state index in [4.69, 9.17) is 9.47 Å². The quantitative estimate of drug-likeness (QED) is 0.295. The molecule has 2 aromatic carbocycles. The summed E-state index contributed by atoms with van der Waals surface area (Å²) in [6, 6.07) is 7.90. The first kappa shape index (κ1) is 25.3. The van der Waals surface area contributed by atoms with Crippen LogP contribution in [0.5, 0.6) is 5.75 Å². The summed E-state index contributed by atoms with van der Waals surface area (Å²) in [6.07, 6.45) is 7.52. The third kappa shape index (κ3) is 5.74. The zero-order chi connectivity index (χ0) is 24.9. The Morgan fingerprint density at radius 1 is 0.943 bits per heavy atom. The Hall–Kier alpha value is -2.76. The van der Waals surface area contributed by atoms with Gasteiger partial charge in [-0.2, -0.15) is 0 Å². The molecule has 0 amide bonds. The first-order valence-corrected chi connectivity index (χ1v) is 12.6. The van der Waals surface area contributed by atoms with E-state index in [0.717, 1.165) is 31.2 Å². The number of hydrogen-bond acceptors (Lipinski definition) is 3. The number of benzene rings is 2. The second kappa shape index (κ2) is 11.3. The molecule has 0 radical (unpaired) electrons. The lowest BCUT2D eigenvalue weighted by molar-refractivity contribution is 0.0189. The van der Waals surface area contributed by atoms with Crippen molar-refractivity contribution in [3.05, 3.63) is 77.1 Å². The van der Waals surface area contributed by atoms with E-state index in [1.165, 1.54) is 18.2 Å². The highest BCUT2D eigenvalue weighted by molar-refractivity contribution is 5.90. The van der Waals surface area contributed by atoms with Crippen molar-refractivity contribution in [2.45, 2.75) is 76.2 Å². The zero-order valence-electron chi connectivity index (χ0n) is 20.2. The van der Waals surface area contributed by atoms with Crippen molar-refractivity contribution in [2.75, 3.05) is 6.61 Å². The van der Waals surface area contributed by atoms with Crippen LogP contribution in [0, 0.1) is 23.4 Å². The fourth-order valence-electron chi connectivity index (χ4n) is 5.48. The Morgan fingerprint density at radius 2 is 1.63 bits per heavy atom. The minimum Gasteiger partial charge on any atom is -0.491 e. The third-order valence-electron chi connectivity index (χ3n) is 7.55. The van der Waals surface area contributed by atoms with Crippen molar-refractivity contribution < 1.29 is 27.4 Å². The molecule has 0 spiro atoms. The lowest BCUT2D eigenvalue weighted by atomic mass is 9.78. The average molecular weight is 487 g/mol. The third-order valence-corrected chi connectivity index (χ3v) is 7.55. The van der Waals surface area contributed by atoms with Crippen LogP contribution < -0.4 is 4.74 Å². The van der Waals surface area contributed by atoms with Gasteiger partial charge in [0.05, 0.1) is 12.2 Å². The van der Waals surface area contributed by atoms with Crippen LogP contribution in [0.1, 0.15) is 91.6 Å². The van der Waals surface area contributed by atoms with E-state index in [2.05, 4.69) is 6.58 Å². The summed E-state index contributed by atoms with van der Waals surface area (Å²) in [5.74, 6) is -2.51. The minimum absolute atomic E-state index is 0.0477. The molecule has 0 aliphatic heterocycles. The monoisotopic (exact) mass is 486 g/mol. The second-order valence-electron chi connectivity index (χ2n) is 9.68. The molecule has 0 saturated heterocycles. The fourth-order valence-corrected chi connectivity index (χ4v) is 5.48.